The van der Waals surface area contributed by atoms with Crippen LogP contribution in [0, 0.1) is 0 Å². The van der Waals surface area contributed by atoms with Crippen LogP contribution in [-0.2, 0) is 14.6 Å². The van der Waals surface area contributed by atoms with Gasteiger partial charge in [0.05, 0.1) is 11.8 Å². The zero-order chi connectivity index (χ0) is 14.2. The summed E-state index contributed by atoms with van der Waals surface area (Å²) in [6.45, 7) is 0.0157. The van der Waals surface area contributed by atoms with E-state index in [0.29, 0.717) is 17.8 Å². The van der Waals surface area contributed by atoms with E-state index in [9.17, 15) is 13.2 Å². The zero-order valence-electron chi connectivity index (χ0n) is 10.7. The number of sulfone groups is 1. The predicted octanol–water partition coefficient (Wildman–Crippen LogP) is 0.162. The van der Waals surface area contributed by atoms with Crippen LogP contribution in [0.5, 0.6) is 0 Å². The van der Waals surface area contributed by atoms with E-state index < -0.39 is 9.84 Å². The standard InChI is InChI=1S/C10H16N4O3S2/c1-14(2)7(15)5-12-10-8(9(11)13-18-10)19(16,17)6-3-4-6/h6,12H,3-5H2,1-2H3,(H2,11,13). The molecule has 3 N–H and O–H groups in total. The lowest BCUT2D eigenvalue weighted by molar-refractivity contribution is -0.126. The Balaban J connectivity index is 2.21. The third-order valence-corrected chi connectivity index (χ3v) is 6.10. The fourth-order valence-electron chi connectivity index (χ4n) is 1.54. The Labute approximate surface area is 115 Å². The number of aromatic nitrogens is 1. The molecule has 1 heterocycles. The van der Waals surface area contributed by atoms with Gasteiger partial charge in [-0.2, -0.15) is 4.37 Å². The van der Waals surface area contributed by atoms with Gasteiger partial charge in [0.1, 0.15) is 9.90 Å². The van der Waals surface area contributed by atoms with Gasteiger partial charge in [-0.15, -0.1) is 0 Å². The first-order valence-electron chi connectivity index (χ1n) is 5.77. The minimum Gasteiger partial charge on any atom is -0.382 e. The Morgan fingerprint density at radius 3 is 2.68 bits per heavy atom. The number of rotatable bonds is 5. The van der Waals surface area contributed by atoms with E-state index in [1.165, 1.54) is 4.90 Å². The number of carbonyl (C=O) groups excluding carboxylic acids is 1. The van der Waals surface area contributed by atoms with Crippen molar-refractivity contribution >= 4 is 38.1 Å². The van der Waals surface area contributed by atoms with E-state index in [1.807, 2.05) is 0 Å². The molecular formula is C10H16N4O3S2. The lowest BCUT2D eigenvalue weighted by atomic mass is 10.5. The van der Waals surface area contributed by atoms with E-state index in [-0.39, 0.29) is 28.4 Å². The molecule has 0 atom stereocenters. The second kappa shape index (κ2) is 4.97. The normalized spacial score (nSPS) is 15.3. The number of anilines is 2. The average molecular weight is 304 g/mol. The summed E-state index contributed by atoms with van der Waals surface area (Å²) in [5.41, 5.74) is 5.64. The number of nitrogens with zero attached hydrogens (tertiary/aromatic N) is 2. The van der Waals surface area contributed by atoms with Gasteiger partial charge in [0.25, 0.3) is 0 Å². The van der Waals surface area contributed by atoms with E-state index in [1.54, 1.807) is 14.1 Å². The second-order valence-corrected chi connectivity index (χ2v) is 7.55. The Morgan fingerprint density at radius 2 is 2.16 bits per heavy atom. The number of hydrogen-bond donors (Lipinski definition) is 2. The monoisotopic (exact) mass is 304 g/mol. The lowest BCUT2D eigenvalue weighted by Gasteiger charge is -2.11. The van der Waals surface area contributed by atoms with Gasteiger partial charge in [-0.05, 0) is 24.4 Å². The fourth-order valence-corrected chi connectivity index (χ4v) is 4.42. The molecule has 106 valence electrons. The van der Waals surface area contributed by atoms with Gasteiger partial charge in [0.15, 0.2) is 15.7 Å². The molecule has 9 heteroatoms. The van der Waals surface area contributed by atoms with Gasteiger partial charge in [-0.3, -0.25) is 4.79 Å². The van der Waals surface area contributed by atoms with Crippen LogP contribution in [0.4, 0.5) is 10.8 Å². The van der Waals surface area contributed by atoms with Gasteiger partial charge in [0, 0.05) is 14.1 Å². The van der Waals surface area contributed by atoms with Crippen LogP contribution in [-0.4, -0.2) is 49.5 Å². The van der Waals surface area contributed by atoms with Crippen molar-refractivity contribution in [3.8, 4) is 0 Å². The molecule has 0 radical (unpaired) electrons. The fraction of sp³-hybridized carbons (Fsp3) is 0.600. The van der Waals surface area contributed by atoms with Crippen LogP contribution in [0.25, 0.3) is 0 Å². The Morgan fingerprint density at radius 1 is 1.53 bits per heavy atom. The third-order valence-electron chi connectivity index (χ3n) is 2.82. The highest BCUT2D eigenvalue weighted by atomic mass is 32.2. The molecule has 1 aliphatic carbocycles. The molecule has 0 aliphatic heterocycles. The number of nitrogens with two attached hydrogens (primary N) is 1. The molecule has 7 nitrogen and oxygen atoms in total. The summed E-state index contributed by atoms with van der Waals surface area (Å²) in [6.07, 6.45) is 1.32. The Kier molecular flexibility index (Phi) is 3.68. The number of likely N-dealkylation sites (N-methyl/N-ethyl adjacent to an activating group) is 1. The molecule has 0 bridgehead atoms. The lowest BCUT2D eigenvalue weighted by Crippen LogP contribution is -2.28. The quantitative estimate of drug-likeness (QED) is 0.803. The molecule has 1 amide bonds. The molecule has 0 unspecified atom stereocenters. The SMILES string of the molecule is CN(C)C(=O)CNc1snc(N)c1S(=O)(=O)C1CC1. The maximum absolute atomic E-state index is 12.2. The summed E-state index contributed by atoms with van der Waals surface area (Å²) in [6, 6.07) is 0. The highest BCUT2D eigenvalue weighted by Crippen LogP contribution is 2.40. The summed E-state index contributed by atoms with van der Waals surface area (Å²) < 4.78 is 28.3. The van der Waals surface area contributed by atoms with Crippen molar-refractivity contribution in [3.05, 3.63) is 0 Å². The summed E-state index contributed by atoms with van der Waals surface area (Å²) >= 11 is 0.966. The minimum atomic E-state index is -3.42. The van der Waals surface area contributed by atoms with Crippen molar-refractivity contribution in [2.75, 3.05) is 31.7 Å². The first kappa shape index (κ1) is 14.1. The van der Waals surface area contributed by atoms with Crippen LogP contribution in [0.2, 0.25) is 0 Å². The third kappa shape index (κ3) is 2.81. The highest BCUT2D eigenvalue weighted by molar-refractivity contribution is 7.92. The number of amides is 1. The van der Waals surface area contributed by atoms with Crippen LogP contribution < -0.4 is 11.1 Å². The van der Waals surface area contributed by atoms with E-state index in [2.05, 4.69) is 9.69 Å². The molecule has 0 aromatic carbocycles. The van der Waals surface area contributed by atoms with Crippen molar-refractivity contribution in [2.24, 2.45) is 0 Å². The molecule has 1 saturated carbocycles. The highest BCUT2D eigenvalue weighted by Gasteiger charge is 2.40. The van der Waals surface area contributed by atoms with Crippen molar-refractivity contribution in [1.29, 1.82) is 0 Å². The smallest absolute Gasteiger partial charge is 0.241 e. The molecule has 0 spiro atoms. The molecular weight excluding hydrogens is 288 g/mol. The van der Waals surface area contributed by atoms with Gasteiger partial charge < -0.3 is 16.0 Å². The number of carbonyl (C=O) groups is 1. The average Bonchev–Trinajstić information content (AvgIpc) is 3.11. The largest absolute Gasteiger partial charge is 0.382 e. The van der Waals surface area contributed by atoms with Crippen molar-refractivity contribution in [3.63, 3.8) is 0 Å². The molecule has 1 aliphatic rings. The van der Waals surface area contributed by atoms with Crippen LogP contribution in [0.15, 0.2) is 4.90 Å². The summed E-state index contributed by atoms with van der Waals surface area (Å²) in [5.74, 6) is -0.140. The maximum atomic E-state index is 12.2. The van der Waals surface area contributed by atoms with Crippen molar-refractivity contribution < 1.29 is 13.2 Å². The first-order valence-corrected chi connectivity index (χ1v) is 8.09. The molecule has 1 fully saturated rings. The van der Waals surface area contributed by atoms with Crippen LogP contribution >= 0.6 is 11.5 Å². The summed E-state index contributed by atoms with van der Waals surface area (Å²) in [7, 11) is -0.153. The van der Waals surface area contributed by atoms with E-state index in [4.69, 9.17) is 5.73 Å². The Bertz CT molecular complexity index is 590. The number of nitrogens with one attached hydrogen (secondary N) is 1. The van der Waals surface area contributed by atoms with Crippen molar-refractivity contribution in [2.45, 2.75) is 23.0 Å². The van der Waals surface area contributed by atoms with Gasteiger partial charge >= 0.3 is 0 Å². The zero-order valence-corrected chi connectivity index (χ0v) is 12.3. The minimum absolute atomic E-state index is 0.0108. The van der Waals surface area contributed by atoms with Crippen molar-refractivity contribution in [1.82, 2.24) is 9.27 Å². The molecule has 19 heavy (non-hydrogen) atoms. The van der Waals surface area contributed by atoms with Crippen LogP contribution in [0.1, 0.15) is 12.8 Å². The maximum Gasteiger partial charge on any atom is 0.241 e. The number of hydrogen-bond acceptors (Lipinski definition) is 7. The van der Waals surface area contributed by atoms with Gasteiger partial charge in [-0.25, -0.2) is 8.42 Å². The number of nitrogen functional groups attached to an aromatic ring is 1. The molecule has 0 saturated heterocycles. The topological polar surface area (TPSA) is 105 Å². The molecule has 1 aromatic heterocycles. The molecule has 1 aromatic rings. The van der Waals surface area contributed by atoms with Gasteiger partial charge in [0.2, 0.25) is 5.91 Å². The first-order chi connectivity index (χ1) is 8.84. The Hall–Kier alpha value is -1.35. The summed E-state index contributed by atoms with van der Waals surface area (Å²) in [5, 5.41) is 2.81. The second-order valence-electron chi connectivity index (χ2n) is 4.61. The van der Waals surface area contributed by atoms with Gasteiger partial charge in [-0.1, -0.05) is 0 Å². The molecule has 2 rings (SSSR count). The van der Waals surface area contributed by atoms with E-state index >= 15 is 0 Å². The van der Waals surface area contributed by atoms with E-state index in [0.717, 1.165) is 11.5 Å². The van der Waals surface area contributed by atoms with Crippen LogP contribution in [0.3, 0.4) is 0 Å². The summed E-state index contributed by atoms with van der Waals surface area (Å²) in [4.78, 5) is 13.0. The predicted molar refractivity (Wildman–Crippen MR) is 73.9 cm³/mol.